The highest BCUT2D eigenvalue weighted by Gasteiger charge is 2.33. The molecule has 7 heteroatoms. The summed E-state index contributed by atoms with van der Waals surface area (Å²) in [6.45, 7) is 2.47. The number of nitrogens with one attached hydrogen (secondary N) is 1. The van der Waals surface area contributed by atoms with Crippen LogP contribution in [0.25, 0.3) is 0 Å². The number of hydrazone groups is 1. The predicted octanol–water partition coefficient (Wildman–Crippen LogP) is 2.32. The molecular weight excluding hydrogens is 344 g/mol. The van der Waals surface area contributed by atoms with E-state index >= 15 is 0 Å². The molecule has 0 saturated carbocycles. The molecule has 0 fully saturated rings. The molecule has 0 unspecified atom stereocenters. The fourth-order valence-electron chi connectivity index (χ4n) is 2.82. The minimum absolute atomic E-state index is 0.259. The number of aliphatic carboxylic acids is 1. The van der Waals surface area contributed by atoms with E-state index in [1.54, 1.807) is 13.1 Å². The molecule has 1 aliphatic rings. The number of benzene rings is 1. The van der Waals surface area contributed by atoms with Gasteiger partial charge in [-0.25, -0.2) is 5.01 Å². The fraction of sp³-hybridized carbons (Fsp3) is 0.200. The lowest BCUT2D eigenvalue weighted by Gasteiger charge is -2.13. The molecule has 0 saturated heterocycles. The van der Waals surface area contributed by atoms with Gasteiger partial charge in [-0.3, -0.25) is 14.6 Å². The summed E-state index contributed by atoms with van der Waals surface area (Å²) in [7, 11) is 0. The largest absolute Gasteiger partial charge is 0.481 e. The van der Waals surface area contributed by atoms with Gasteiger partial charge >= 0.3 is 5.97 Å². The molecule has 2 N–H and O–H groups in total. The molecule has 7 nitrogen and oxygen atoms in total. The van der Waals surface area contributed by atoms with Crippen LogP contribution in [-0.4, -0.2) is 32.7 Å². The van der Waals surface area contributed by atoms with Crippen LogP contribution in [0, 0.1) is 0 Å². The molecule has 1 aromatic heterocycles. The van der Waals surface area contributed by atoms with E-state index in [9.17, 15) is 14.7 Å². The third kappa shape index (κ3) is 4.58. The van der Waals surface area contributed by atoms with Gasteiger partial charge in [0.15, 0.2) is 0 Å². The summed E-state index contributed by atoms with van der Waals surface area (Å²) in [4.78, 5) is 28.3. The van der Waals surface area contributed by atoms with Crippen LogP contribution in [0.2, 0.25) is 0 Å². The van der Waals surface area contributed by atoms with Crippen molar-refractivity contribution in [2.24, 2.45) is 5.10 Å². The molecule has 0 spiro atoms. The normalized spacial score (nSPS) is 15.5. The second-order valence-electron chi connectivity index (χ2n) is 6.14. The van der Waals surface area contributed by atoms with E-state index in [0.29, 0.717) is 24.4 Å². The topological polar surface area (TPSA) is 94.9 Å². The molecule has 1 amide bonds. The molecule has 1 aliphatic heterocycles. The Kier molecular flexibility index (Phi) is 5.61. The lowest BCUT2D eigenvalue weighted by atomic mass is 10.1. The van der Waals surface area contributed by atoms with E-state index in [1.165, 1.54) is 5.01 Å². The number of carboxylic acid groups (broad SMARTS) is 1. The Morgan fingerprint density at radius 2 is 1.89 bits per heavy atom. The molecular formula is C20H20N4O3. The van der Waals surface area contributed by atoms with Crippen LogP contribution in [0.4, 0.5) is 0 Å². The Balaban J connectivity index is 1.82. The zero-order valence-electron chi connectivity index (χ0n) is 14.9. The summed E-state index contributed by atoms with van der Waals surface area (Å²) in [5.41, 5.74) is 2.89. The molecule has 1 aromatic carbocycles. The minimum Gasteiger partial charge on any atom is -0.481 e. The van der Waals surface area contributed by atoms with Crippen molar-refractivity contribution in [2.75, 3.05) is 0 Å². The number of hydrogen-bond acceptors (Lipinski definition) is 5. The highest BCUT2D eigenvalue weighted by Crippen LogP contribution is 2.22. The van der Waals surface area contributed by atoms with Gasteiger partial charge < -0.3 is 10.4 Å². The Bertz CT molecular complexity index is 892. The average Bonchev–Trinajstić information content (AvgIpc) is 2.96. The summed E-state index contributed by atoms with van der Waals surface area (Å²) < 4.78 is 0. The Labute approximate surface area is 157 Å². The van der Waals surface area contributed by atoms with Crippen molar-refractivity contribution in [1.29, 1.82) is 0 Å². The Hall–Kier alpha value is -3.48. The van der Waals surface area contributed by atoms with Gasteiger partial charge in [-0.05, 0) is 24.6 Å². The summed E-state index contributed by atoms with van der Waals surface area (Å²) in [6.07, 6.45) is 1.38. The molecule has 0 aliphatic carbocycles. The maximum absolute atomic E-state index is 12.9. The van der Waals surface area contributed by atoms with E-state index in [-0.39, 0.29) is 18.0 Å². The van der Waals surface area contributed by atoms with Crippen LogP contribution in [-0.2, 0) is 22.7 Å². The third-order valence-corrected chi connectivity index (χ3v) is 4.11. The van der Waals surface area contributed by atoms with Crippen molar-refractivity contribution in [1.82, 2.24) is 15.3 Å². The Morgan fingerprint density at radius 3 is 2.56 bits per heavy atom. The molecule has 0 atom stereocenters. The van der Waals surface area contributed by atoms with Crippen LogP contribution in [0.5, 0.6) is 0 Å². The maximum atomic E-state index is 12.9. The highest BCUT2D eigenvalue weighted by molar-refractivity contribution is 6.28. The number of hydrogen-bond donors (Lipinski definition) is 2. The van der Waals surface area contributed by atoms with E-state index < -0.39 is 5.97 Å². The average molecular weight is 364 g/mol. The third-order valence-electron chi connectivity index (χ3n) is 4.11. The van der Waals surface area contributed by atoms with Gasteiger partial charge in [-0.2, -0.15) is 5.10 Å². The lowest BCUT2D eigenvalue weighted by molar-refractivity contribution is -0.135. The van der Waals surface area contributed by atoms with Crippen molar-refractivity contribution in [3.05, 3.63) is 77.3 Å². The summed E-state index contributed by atoms with van der Waals surface area (Å²) in [5.74, 6) is -1.33. The molecule has 0 radical (unpaired) electrons. The van der Waals surface area contributed by atoms with Gasteiger partial charge in [0.1, 0.15) is 0 Å². The zero-order valence-corrected chi connectivity index (χ0v) is 14.9. The van der Waals surface area contributed by atoms with Crippen molar-refractivity contribution in [3.8, 4) is 0 Å². The van der Waals surface area contributed by atoms with Crippen LogP contribution >= 0.6 is 0 Å². The summed E-state index contributed by atoms with van der Waals surface area (Å²) >= 11 is 0. The van der Waals surface area contributed by atoms with Gasteiger partial charge in [0.25, 0.3) is 5.91 Å². The second kappa shape index (κ2) is 8.27. The number of rotatable bonds is 7. The number of aromatic nitrogens is 1. The van der Waals surface area contributed by atoms with Gasteiger partial charge in [-0.15, -0.1) is 0 Å². The first-order valence-electron chi connectivity index (χ1n) is 8.54. The maximum Gasteiger partial charge on any atom is 0.309 e. The van der Waals surface area contributed by atoms with Crippen LogP contribution in [0.1, 0.15) is 24.6 Å². The molecule has 2 heterocycles. The number of allylic oxidation sites excluding steroid dienone is 1. The van der Waals surface area contributed by atoms with E-state index in [0.717, 1.165) is 11.3 Å². The monoisotopic (exact) mass is 364 g/mol. The highest BCUT2D eigenvalue weighted by atomic mass is 16.4. The number of pyridine rings is 1. The second-order valence-corrected chi connectivity index (χ2v) is 6.14. The molecule has 27 heavy (non-hydrogen) atoms. The quantitative estimate of drug-likeness (QED) is 0.735. The van der Waals surface area contributed by atoms with Crippen molar-refractivity contribution in [3.63, 3.8) is 0 Å². The predicted molar refractivity (Wildman–Crippen MR) is 100 cm³/mol. The van der Waals surface area contributed by atoms with Gasteiger partial charge in [0, 0.05) is 11.9 Å². The number of nitrogens with zero attached hydrogens (tertiary/aromatic N) is 3. The first kappa shape index (κ1) is 18.3. The number of carboxylic acids is 1. The minimum atomic E-state index is -1.03. The van der Waals surface area contributed by atoms with Gasteiger partial charge in [0.05, 0.1) is 36.5 Å². The van der Waals surface area contributed by atoms with Crippen molar-refractivity contribution in [2.45, 2.75) is 26.4 Å². The molecule has 3 rings (SSSR count). The fourth-order valence-corrected chi connectivity index (χ4v) is 2.82. The number of amides is 1. The lowest BCUT2D eigenvalue weighted by Crippen LogP contribution is -2.25. The number of carbonyl (C=O) groups excluding carboxylic acids is 1. The summed E-state index contributed by atoms with van der Waals surface area (Å²) in [6, 6.07) is 15.0. The van der Waals surface area contributed by atoms with E-state index in [1.807, 2.05) is 48.5 Å². The standard InChI is InChI=1S/C20H20N4O3/c1-14(22-12-16-9-5-6-10-21-16)19-17(11-18(25)26)23-24(20(19)27)13-15-7-3-2-4-8-15/h2-10,22H,11-13H2,1H3,(H,25,26)/b19-14+. The van der Waals surface area contributed by atoms with Crippen LogP contribution in [0.3, 0.4) is 0 Å². The van der Waals surface area contributed by atoms with Crippen molar-refractivity contribution >= 4 is 17.6 Å². The summed E-state index contributed by atoms with van der Waals surface area (Å²) in [5, 5.41) is 17.9. The van der Waals surface area contributed by atoms with Gasteiger partial charge in [0.2, 0.25) is 0 Å². The first-order valence-corrected chi connectivity index (χ1v) is 8.54. The van der Waals surface area contributed by atoms with Crippen LogP contribution < -0.4 is 5.32 Å². The molecule has 138 valence electrons. The smallest absolute Gasteiger partial charge is 0.309 e. The zero-order chi connectivity index (χ0) is 19.2. The molecule has 0 bridgehead atoms. The Morgan fingerprint density at radius 1 is 1.15 bits per heavy atom. The van der Waals surface area contributed by atoms with Gasteiger partial charge in [-0.1, -0.05) is 36.4 Å². The van der Waals surface area contributed by atoms with Crippen molar-refractivity contribution < 1.29 is 14.7 Å². The van der Waals surface area contributed by atoms with Crippen LogP contribution in [0.15, 0.2) is 71.1 Å². The number of carbonyl (C=O) groups is 2. The first-order chi connectivity index (χ1) is 13.0. The van der Waals surface area contributed by atoms with E-state index in [4.69, 9.17) is 0 Å². The van der Waals surface area contributed by atoms with E-state index in [2.05, 4.69) is 15.4 Å². The SMILES string of the molecule is C/C(NCc1ccccn1)=C1\C(=O)N(Cc2ccccc2)N=C1CC(=O)O. The molecule has 2 aromatic rings.